The van der Waals surface area contributed by atoms with Crippen LogP contribution in [0.4, 0.5) is 11.4 Å². The first-order valence-electron chi connectivity index (χ1n) is 5.77. The molecule has 0 aliphatic rings. The normalized spacial score (nSPS) is 10.7. The second-order valence-corrected chi connectivity index (χ2v) is 4.56. The highest BCUT2D eigenvalue weighted by atomic mass is 16.5. The van der Waals surface area contributed by atoms with Gasteiger partial charge in [0, 0.05) is 6.04 Å². The maximum Gasteiger partial charge on any atom is 0.338 e. The van der Waals surface area contributed by atoms with Crippen LogP contribution in [-0.4, -0.2) is 18.1 Å². The van der Waals surface area contributed by atoms with Crippen molar-refractivity contribution in [3.8, 4) is 0 Å². The molecular weight excluding hydrogens is 216 g/mol. The smallest absolute Gasteiger partial charge is 0.338 e. The van der Waals surface area contributed by atoms with Crippen LogP contribution in [0.5, 0.6) is 0 Å². The molecule has 0 spiro atoms. The van der Waals surface area contributed by atoms with Gasteiger partial charge in [-0.3, -0.25) is 0 Å². The molecule has 0 radical (unpaired) electrons. The summed E-state index contributed by atoms with van der Waals surface area (Å²) in [5, 5.41) is 3.20. The summed E-state index contributed by atoms with van der Waals surface area (Å²) in [6.07, 6.45) is -0.128. The van der Waals surface area contributed by atoms with Crippen molar-refractivity contribution in [1.82, 2.24) is 0 Å². The largest absolute Gasteiger partial charge is 0.459 e. The first kappa shape index (κ1) is 13.4. The van der Waals surface area contributed by atoms with E-state index in [1.807, 2.05) is 27.7 Å². The molecule has 0 heterocycles. The molecule has 1 aromatic carbocycles. The van der Waals surface area contributed by atoms with Crippen LogP contribution in [0.15, 0.2) is 18.2 Å². The van der Waals surface area contributed by atoms with Crippen molar-refractivity contribution in [2.75, 3.05) is 11.1 Å². The van der Waals surface area contributed by atoms with E-state index >= 15 is 0 Å². The fraction of sp³-hybridized carbons (Fsp3) is 0.462. The molecule has 0 fully saturated rings. The van der Waals surface area contributed by atoms with E-state index in [-0.39, 0.29) is 12.1 Å². The zero-order valence-electron chi connectivity index (χ0n) is 10.8. The monoisotopic (exact) mass is 236 g/mol. The Morgan fingerprint density at radius 3 is 2.41 bits per heavy atom. The molecule has 0 aliphatic carbocycles. The Morgan fingerprint density at radius 1 is 1.29 bits per heavy atom. The predicted octanol–water partition coefficient (Wildman–Crippen LogP) is 2.65. The molecule has 1 aromatic rings. The molecule has 0 atom stereocenters. The lowest BCUT2D eigenvalue weighted by molar-refractivity contribution is 0.0378. The molecule has 3 N–H and O–H groups in total. The second kappa shape index (κ2) is 5.57. The van der Waals surface area contributed by atoms with E-state index in [0.717, 1.165) is 5.69 Å². The Balaban J connectivity index is 2.85. The average molecular weight is 236 g/mol. The van der Waals surface area contributed by atoms with Gasteiger partial charge in [0.25, 0.3) is 0 Å². The number of hydrogen-bond acceptors (Lipinski definition) is 4. The van der Waals surface area contributed by atoms with Crippen LogP contribution in [0.1, 0.15) is 38.1 Å². The van der Waals surface area contributed by atoms with Gasteiger partial charge in [0.05, 0.1) is 23.0 Å². The summed E-state index contributed by atoms with van der Waals surface area (Å²) in [5.74, 6) is -0.345. The highest BCUT2D eigenvalue weighted by Crippen LogP contribution is 2.21. The molecule has 4 heteroatoms. The number of nitrogens with one attached hydrogen (secondary N) is 1. The van der Waals surface area contributed by atoms with E-state index in [1.165, 1.54) is 0 Å². The summed E-state index contributed by atoms with van der Waals surface area (Å²) in [4.78, 5) is 11.6. The minimum Gasteiger partial charge on any atom is -0.459 e. The summed E-state index contributed by atoms with van der Waals surface area (Å²) in [6.45, 7) is 7.69. The highest BCUT2D eigenvalue weighted by molar-refractivity contribution is 5.92. The minimum atomic E-state index is -0.345. The molecule has 0 saturated heterocycles. The van der Waals surface area contributed by atoms with Crippen LogP contribution in [0.3, 0.4) is 0 Å². The van der Waals surface area contributed by atoms with E-state index in [2.05, 4.69) is 5.32 Å². The van der Waals surface area contributed by atoms with Crippen molar-refractivity contribution < 1.29 is 9.53 Å². The number of nitrogen functional groups attached to an aromatic ring is 1. The highest BCUT2D eigenvalue weighted by Gasteiger charge is 2.11. The number of carbonyl (C=O) groups excluding carboxylic acids is 1. The van der Waals surface area contributed by atoms with E-state index in [4.69, 9.17) is 10.5 Å². The number of ether oxygens (including phenoxy) is 1. The number of carbonyl (C=O) groups is 1. The molecular formula is C13H20N2O2. The van der Waals surface area contributed by atoms with Crippen LogP contribution >= 0.6 is 0 Å². The Kier molecular flexibility index (Phi) is 4.37. The minimum absolute atomic E-state index is 0.128. The van der Waals surface area contributed by atoms with Crippen molar-refractivity contribution >= 4 is 17.3 Å². The molecule has 17 heavy (non-hydrogen) atoms. The van der Waals surface area contributed by atoms with Crippen molar-refractivity contribution in [2.24, 2.45) is 0 Å². The number of benzene rings is 1. The zero-order chi connectivity index (χ0) is 13.0. The fourth-order valence-electron chi connectivity index (χ4n) is 1.41. The molecule has 0 aliphatic heterocycles. The average Bonchev–Trinajstić information content (AvgIpc) is 2.19. The van der Waals surface area contributed by atoms with Gasteiger partial charge in [-0.25, -0.2) is 4.79 Å². The third-order valence-electron chi connectivity index (χ3n) is 2.07. The lowest BCUT2D eigenvalue weighted by Crippen LogP contribution is -2.14. The molecule has 0 unspecified atom stereocenters. The van der Waals surface area contributed by atoms with Gasteiger partial charge in [0.1, 0.15) is 0 Å². The SMILES string of the molecule is CC(C)Nc1ccc(C(=O)OC(C)C)cc1N. The maximum absolute atomic E-state index is 11.6. The number of anilines is 2. The van der Waals surface area contributed by atoms with Gasteiger partial charge in [-0.15, -0.1) is 0 Å². The standard InChI is InChI=1S/C13H20N2O2/c1-8(2)15-12-6-5-10(7-11(12)14)13(16)17-9(3)4/h5-9,15H,14H2,1-4H3. The molecule has 0 bridgehead atoms. The summed E-state index contributed by atoms with van der Waals surface area (Å²) in [6, 6.07) is 5.44. The predicted molar refractivity (Wildman–Crippen MR) is 70.2 cm³/mol. The molecule has 94 valence electrons. The van der Waals surface area contributed by atoms with Crippen molar-refractivity contribution in [2.45, 2.75) is 39.8 Å². The van der Waals surface area contributed by atoms with Gasteiger partial charge in [-0.1, -0.05) is 0 Å². The lowest BCUT2D eigenvalue weighted by Gasteiger charge is -2.14. The van der Waals surface area contributed by atoms with Crippen LogP contribution in [0.2, 0.25) is 0 Å². The topological polar surface area (TPSA) is 64.3 Å². The summed E-state index contributed by atoms with van der Waals surface area (Å²) < 4.78 is 5.10. The van der Waals surface area contributed by atoms with E-state index in [9.17, 15) is 4.79 Å². The van der Waals surface area contributed by atoms with Crippen molar-refractivity contribution in [1.29, 1.82) is 0 Å². The van der Waals surface area contributed by atoms with E-state index in [0.29, 0.717) is 17.3 Å². The van der Waals surface area contributed by atoms with Crippen LogP contribution in [0.25, 0.3) is 0 Å². The number of hydrogen-bond donors (Lipinski definition) is 2. The van der Waals surface area contributed by atoms with Crippen LogP contribution < -0.4 is 11.1 Å². The van der Waals surface area contributed by atoms with E-state index < -0.39 is 0 Å². The summed E-state index contributed by atoms with van der Waals surface area (Å²) in [5.41, 5.74) is 7.73. The van der Waals surface area contributed by atoms with Gasteiger partial charge in [-0.05, 0) is 45.9 Å². The van der Waals surface area contributed by atoms with Crippen molar-refractivity contribution in [3.05, 3.63) is 23.8 Å². The van der Waals surface area contributed by atoms with Gasteiger partial charge in [-0.2, -0.15) is 0 Å². The van der Waals surface area contributed by atoms with Crippen molar-refractivity contribution in [3.63, 3.8) is 0 Å². The molecule has 0 saturated carbocycles. The maximum atomic E-state index is 11.6. The summed E-state index contributed by atoms with van der Waals surface area (Å²) >= 11 is 0. The molecule has 1 rings (SSSR count). The third-order valence-corrected chi connectivity index (χ3v) is 2.07. The zero-order valence-corrected chi connectivity index (χ0v) is 10.8. The third kappa shape index (κ3) is 3.98. The number of rotatable bonds is 4. The quantitative estimate of drug-likeness (QED) is 0.623. The number of esters is 1. The van der Waals surface area contributed by atoms with Gasteiger partial charge in [0.15, 0.2) is 0 Å². The Morgan fingerprint density at radius 2 is 1.94 bits per heavy atom. The Bertz CT molecular complexity index is 400. The van der Waals surface area contributed by atoms with Crippen LogP contribution in [0, 0.1) is 0 Å². The number of nitrogens with two attached hydrogens (primary N) is 1. The molecule has 4 nitrogen and oxygen atoms in total. The van der Waals surface area contributed by atoms with Crippen LogP contribution in [-0.2, 0) is 4.74 Å². The summed E-state index contributed by atoms with van der Waals surface area (Å²) in [7, 11) is 0. The Labute approximate surface area is 102 Å². The first-order chi connectivity index (χ1) is 7.90. The molecule has 0 aromatic heterocycles. The van der Waals surface area contributed by atoms with Gasteiger partial charge in [0.2, 0.25) is 0 Å². The molecule has 0 amide bonds. The second-order valence-electron chi connectivity index (χ2n) is 4.56. The first-order valence-corrected chi connectivity index (χ1v) is 5.77. The Hall–Kier alpha value is -1.71. The van der Waals surface area contributed by atoms with E-state index in [1.54, 1.807) is 18.2 Å². The fourth-order valence-corrected chi connectivity index (χ4v) is 1.41. The van der Waals surface area contributed by atoms with Gasteiger partial charge >= 0.3 is 5.97 Å². The van der Waals surface area contributed by atoms with Gasteiger partial charge < -0.3 is 15.8 Å². The lowest BCUT2D eigenvalue weighted by atomic mass is 10.1.